The van der Waals surface area contributed by atoms with E-state index in [2.05, 4.69) is 217 Å². The number of nitrogens with zero attached hydrogens (tertiary/aromatic N) is 1. The maximum atomic E-state index is 2.34. The number of rotatable bonds is 6. The van der Waals surface area contributed by atoms with Gasteiger partial charge in [0.05, 0.1) is 0 Å². The van der Waals surface area contributed by atoms with Gasteiger partial charge >= 0.3 is 0 Å². The van der Waals surface area contributed by atoms with Gasteiger partial charge in [-0.3, -0.25) is 0 Å². The van der Waals surface area contributed by atoms with E-state index in [1.807, 2.05) is 0 Å². The molecule has 10 aromatic rings. The van der Waals surface area contributed by atoms with Crippen molar-refractivity contribution in [2.75, 3.05) is 4.90 Å². The first kappa shape index (κ1) is 30.8. The molecule has 0 aliphatic heterocycles. The molecule has 0 amide bonds. The fourth-order valence-corrected chi connectivity index (χ4v) is 7.89. The molecule has 0 unspecified atom stereocenters. The highest BCUT2D eigenvalue weighted by atomic mass is 15.1. The second-order valence-electron chi connectivity index (χ2n) is 13.8. The van der Waals surface area contributed by atoms with Gasteiger partial charge in [-0.2, -0.15) is 0 Å². The van der Waals surface area contributed by atoms with Crippen molar-refractivity contribution < 1.29 is 0 Å². The van der Waals surface area contributed by atoms with Crippen molar-refractivity contribution in [1.82, 2.24) is 0 Å². The van der Waals surface area contributed by atoms with Gasteiger partial charge in [-0.15, -0.1) is 0 Å². The first-order chi connectivity index (χ1) is 26.2. The Balaban J connectivity index is 0.969. The number of hydrogen-bond acceptors (Lipinski definition) is 1. The van der Waals surface area contributed by atoms with Crippen molar-refractivity contribution in [3.63, 3.8) is 0 Å². The topological polar surface area (TPSA) is 3.24 Å². The maximum Gasteiger partial charge on any atom is 0.0467 e. The average Bonchev–Trinajstić information content (AvgIpc) is 3.24. The molecule has 10 aromatic carbocycles. The maximum absolute atomic E-state index is 2.34. The Hall–Kier alpha value is -6.96. The number of anilines is 3. The highest BCUT2D eigenvalue weighted by Gasteiger charge is 2.14. The Labute approximate surface area is 309 Å². The molecule has 0 spiro atoms. The minimum Gasteiger partial charge on any atom is -0.310 e. The molecular weight excluding hydrogens is 639 g/mol. The first-order valence-corrected chi connectivity index (χ1v) is 18.2. The molecule has 0 radical (unpaired) electrons. The van der Waals surface area contributed by atoms with Crippen molar-refractivity contribution in [1.29, 1.82) is 0 Å². The summed E-state index contributed by atoms with van der Waals surface area (Å²) in [4.78, 5) is 2.34. The van der Waals surface area contributed by atoms with Crippen LogP contribution in [0.15, 0.2) is 212 Å². The molecule has 1 heteroatoms. The van der Waals surface area contributed by atoms with Crippen molar-refractivity contribution >= 4 is 60.2 Å². The van der Waals surface area contributed by atoms with Gasteiger partial charge in [0.25, 0.3) is 0 Å². The molecule has 0 atom stereocenters. The van der Waals surface area contributed by atoms with Gasteiger partial charge in [0.2, 0.25) is 0 Å². The zero-order chi connectivity index (χ0) is 35.1. The lowest BCUT2D eigenvalue weighted by atomic mass is 9.94. The minimum atomic E-state index is 1.12. The van der Waals surface area contributed by atoms with Crippen LogP contribution in [0.2, 0.25) is 0 Å². The van der Waals surface area contributed by atoms with Gasteiger partial charge < -0.3 is 4.90 Å². The molecule has 0 saturated heterocycles. The predicted octanol–water partition coefficient (Wildman–Crippen LogP) is 14.8. The molecule has 0 fully saturated rings. The Morgan fingerprint density at radius 1 is 0.226 bits per heavy atom. The second kappa shape index (κ2) is 13.0. The van der Waals surface area contributed by atoms with E-state index in [1.165, 1.54) is 76.5 Å². The van der Waals surface area contributed by atoms with E-state index in [0.29, 0.717) is 0 Å². The van der Waals surface area contributed by atoms with E-state index < -0.39 is 0 Å². The molecule has 53 heavy (non-hydrogen) atoms. The SMILES string of the molecule is c1ccc(N(c2ccc(-c3ccc4ccccc4c3)cc2)c2cccc(-c3ccc(-c4ccc5c(ccc6ccc7ccccc7c65)c4)cc3)c2)cc1. The van der Waals surface area contributed by atoms with Crippen LogP contribution in [-0.2, 0) is 0 Å². The number of hydrogen-bond donors (Lipinski definition) is 0. The first-order valence-electron chi connectivity index (χ1n) is 18.2. The number of fused-ring (bicyclic) bond motifs is 6. The standard InChI is InChI=1S/C52H35N/c1-2-13-47(14-3-1)53(48-30-27-39(28-31-48)44-25-21-36-9-4-5-11-42(36)33-44)49-15-8-12-43(35-49)37-17-19-38(20-18-37)45-29-32-51-46(34-45)26-24-41-23-22-40-10-6-7-16-50(40)52(41)51/h1-35H. The smallest absolute Gasteiger partial charge is 0.0467 e. The molecule has 0 aliphatic rings. The van der Waals surface area contributed by atoms with Crippen molar-refractivity contribution in [2.45, 2.75) is 0 Å². The minimum absolute atomic E-state index is 1.12. The molecule has 0 aromatic heterocycles. The van der Waals surface area contributed by atoms with Crippen molar-refractivity contribution in [2.24, 2.45) is 0 Å². The van der Waals surface area contributed by atoms with Crippen LogP contribution in [0.1, 0.15) is 0 Å². The van der Waals surface area contributed by atoms with Crippen LogP contribution >= 0.6 is 0 Å². The van der Waals surface area contributed by atoms with Crippen LogP contribution in [0.3, 0.4) is 0 Å². The zero-order valence-electron chi connectivity index (χ0n) is 29.2. The normalized spacial score (nSPS) is 11.4. The molecule has 1 nitrogen and oxygen atoms in total. The summed E-state index contributed by atoms with van der Waals surface area (Å²) in [6, 6.07) is 77.2. The quantitative estimate of drug-likeness (QED) is 0.159. The summed E-state index contributed by atoms with van der Waals surface area (Å²) in [5.74, 6) is 0. The highest BCUT2D eigenvalue weighted by Crippen LogP contribution is 2.39. The molecule has 0 aliphatic carbocycles. The molecule has 0 heterocycles. The van der Waals surface area contributed by atoms with Crippen LogP contribution in [-0.4, -0.2) is 0 Å². The summed E-state index contributed by atoms with van der Waals surface area (Å²) in [6.07, 6.45) is 0. The molecule has 0 N–H and O–H groups in total. The summed E-state index contributed by atoms with van der Waals surface area (Å²) >= 11 is 0. The number of benzene rings is 10. The van der Waals surface area contributed by atoms with E-state index in [-0.39, 0.29) is 0 Å². The molecular formula is C52H35N. The van der Waals surface area contributed by atoms with Crippen molar-refractivity contribution in [3.8, 4) is 33.4 Å². The van der Waals surface area contributed by atoms with Crippen LogP contribution < -0.4 is 4.90 Å². The number of para-hydroxylation sites is 1. The Bertz CT molecular complexity index is 2920. The molecule has 0 saturated carbocycles. The van der Waals surface area contributed by atoms with E-state index in [9.17, 15) is 0 Å². The fourth-order valence-electron chi connectivity index (χ4n) is 7.89. The third-order valence-corrected chi connectivity index (χ3v) is 10.6. The van der Waals surface area contributed by atoms with Crippen LogP contribution in [0.25, 0.3) is 76.5 Å². The Kier molecular flexibility index (Phi) is 7.55. The summed E-state index contributed by atoms with van der Waals surface area (Å²) in [6.45, 7) is 0. The van der Waals surface area contributed by atoms with E-state index in [1.54, 1.807) is 0 Å². The summed E-state index contributed by atoms with van der Waals surface area (Å²) < 4.78 is 0. The third-order valence-electron chi connectivity index (χ3n) is 10.6. The van der Waals surface area contributed by atoms with Gasteiger partial charge in [-0.1, -0.05) is 164 Å². The van der Waals surface area contributed by atoms with Gasteiger partial charge in [0.15, 0.2) is 0 Å². The van der Waals surface area contributed by atoms with Gasteiger partial charge in [0, 0.05) is 17.1 Å². The zero-order valence-corrected chi connectivity index (χ0v) is 29.2. The largest absolute Gasteiger partial charge is 0.310 e. The highest BCUT2D eigenvalue weighted by molar-refractivity contribution is 6.20. The average molecular weight is 674 g/mol. The van der Waals surface area contributed by atoms with Crippen LogP contribution in [0, 0.1) is 0 Å². The molecule has 0 bridgehead atoms. The summed E-state index contributed by atoms with van der Waals surface area (Å²) in [5, 5.41) is 10.2. The van der Waals surface area contributed by atoms with Gasteiger partial charge in [-0.25, -0.2) is 0 Å². The van der Waals surface area contributed by atoms with E-state index >= 15 is 0 Å². The van der Waals surface area contributed by atoms with Crippen LogP contribution in [0.5, 0.6) is 0 Å². The van der Waals surface area contributed by atoms with E-state index in [4.69, 9.17) is 0 Å². The Morgan fingerprint density at radius 2 is 0.698 bits per heavy atom. The lowest BCUT2D eigenvalue weighted by molar-refractivity contribution is 1.28. The lowest BCUT2D eigenvalue weighted by Gasteiger charge is -2.26. The van der Waals surface area contributed by atoms with E-state index in [0.717, 1.165) is 17.1 Å². The van der Waals surface area contributed by atoms with Crippen molar-refractivity contribution in [3.05, 3.63) is 212 Å². The summed E-state index contributed by atoms with van der Waals surface area (Å²) in [7, 11) is 0. The second-order valence-corrected chi connectivity index (χ2v) is 13.8. The monoisotopic (exact) mass is 673 g/mol. The molecule has 248 valence electrons. The van der Waals surface area contributed by atoms with Gasteiger partial charge in [0.1, 0.15) is 0 Å². The lowest BCUT2D eigenvalue weighted by Crippen LogP contribution is -2.09. The summed E-state index contributed by atoms with van der Waals surface area (Å²) in [5.41, 5.74) is 10.6. The van der Waals surface area contributed by atoms with Crippen LogP contribution in [0.4, 0.5) is 17.1 Å². The van der Waals surface area contributed by atoms with Gasteiger partial charge in [-0.05, 0) is 125 Å². The molecule has 10 rings (SSSR count). The fraction of sp³-hybridized carbons (Fsp3) is 0. The third kappa shape index (κ3) is 5.69. The predicted molar refractivity (Wildman–Crippen MR) is 227 cm³/mol. The Morgan fingerprint density at radius 3 is 1.45 bits per heavy atom.